The van der Waals surface area contributed by atoms with Crippen LogP contribution in [0.3, 0.4) is 0 Å². The van der Waals surface area contributed by atoms with Crippen molar-refractivity contribution in [1.29, 1.82) is 0 Å². The lowest BCUT2D eigenvalue weighted by atomic mass is 10.2. The number of hydrogen-bond acceptors (Lipinski definition) is 5. The van der Waals surface area contributed by atoms with Crippen LogP contribution in [0.15, 0.2) is 10.5 Å². The molecule has 0 aliphatic rings. The second-order valence-corrected chi connectivity index (χ2v) is 3.86. The molecule has 0 radical (unpaired) electrons. The van der Waals surface area contributed by atoms with E-state index in [2.05, 4.69) is 6.92 Å². The minimum Gasteiger partial charge on any atom is -0.453 e. The maximum Gasteiger partial charge on any atom is 0.301 e. The molecule has 0 aromatic carbocycles. The predicted octanol–water partition coefficient (Wildman–Crippen LogP) is 1.13. The van der Waals surface area contributed by atoms with Crippen molar-refractivity contribution < 1.29 is 18.7 Å². The highest BCUT2D eigenvalue weighted by Gasteiger charge is 2.14. The summed E-state index contributed by atoms with van der Waals surface area (Å²) in [6, 6.07) is 1.76. The SMILES string of the molecule is CCCOCCOCc1cc(C)c(C(=O)NN)o1. The standard InChI is InChI=1S/C12H20N2O4/c1-3-4-16-5-6-17-8-10-7-9(2)11(18-10)12(15)14-13/h7H,3-6,8,13H2,1-2H3,(H,14,15). The Hall–Kier alpha value is -1.37. The lowest BCUT2D eigenvalue weighted by Gasteiger charge is -2.03. The molecule has 0 saturated carbocycles. The Labute approximate surface area is 106 Å². The molecule has 0 aliphatic carbocycles. The molecule has 102 valence electrons. The summed E-state index contributed by atoms with van der Waals surface area (Å²) in [5.74, 6) is 5.42. The summed E-state index contributed by atoms with van der Waals surface area (Å²) in [5, 5.41) is 0. The number of carbonyl (C=O) groups excluding carboxylic acids is 1. The van der Waals surface area contributed by atoms with Crippen molar-refractivity contribution >= 4 is 5.91 Å². The highest BCUT2D eigenvalue weighted by molar-refractivity contribution is 5.92. The zero-order chi connectivity index (χ0) is 13.4. The molecule has 1 amide bonds. The van der Waals surface area contributed by atoms with Gasteiger partial charge in [0, 0.05) is 12.2 Å². The number of furan rings is 1. The van der Waals surface area contributed by atoms with Gasteiger partial charge < -0.3 is 13.9 Å². The number of ether oxygens (including phenoxy) is 2. The fourth-order valence-electron chi connectivity index (χ4n) is 1.45. The molecular weight excluding hydrogens is 236 g/mol. The molecular formula is C12H20N2O4. The lowest BCUT2D eigenvalue weighted by molar-refractivity contribution is 0.0346. The van der Waals surface area contributed by atoms with E-state index in [0.717, 1.165) is 18.6 Å². The molecule has 0 unspecified atom stereocenters. The number of aryl methyl sites for hydroxylation is 1. The Morgan fingerprint density at radius 1 is 1.39 bits per heavy atom. The van der Waals surface area contributed by atoms with E-state index in [1.165, 1.54) is 0 Å². The van der Waals surface area contributed by atoms with Crippen LogP contribution in [0.1, 0.15) is 35.2 Å². The van der Waals surface area contributed by atoms with Gasteiger partial charge in [0.25, 0.3) is 0 Å². The lowest BCUT2D eigenvalue weighted by Crippen LogP contribution is -2.30. The summed E-state index contributed by atoms with van der Waals surface area (Å²) in [6.07, 6.45) is 0.995. The van der Waals surface area contributed by atoms with Crippen molar-refractivity contribution in [2.75, 3.05) is 19.8 Å². The number of rotatable bonds is 8. The van der Waals surface area contributed by atoms with E-state index in [1.807, 2.05) is 5.43 Å². The normalized spacial score (nSPS) is 10.6. The molecule has 1 heterocycles. The van der Waals surface area contributed by atoms with Gasteiger partial charge in [0.2, 0.25) is 0 Å². The largest absolute Gasteiger partial charge is 0.453 e. The predicted molar refractivity (Wildman–Crippen MR) is 65.9 cm³/mol. The van der Waals surface area contributed by atoms with Gasteiger partial charge in [-0.25, -0.2) is 5.84 Å². The molecule has 0 atom stereocenters. The van der Waals surface area contributed by atoms with Crippen molar-refractivity contribution in [3.8, 4) is 0 Å². The highest BCUT2D eigenvalue weighted by atomic mass is 16.5. The van der Waals surface area contributed by atoms with E-state index < -0.39 is 5.91 Å². The summed E-state index contributed by atoms with van der Waals surface area (Å²) >= 11 is 0. The zero-order valence-electron chi connectivity index (χ0n) is 10.8. The van der Waals surface area contributed by atoms with Gasteiger partial charge in [0.15, 0.2) is 5.76 Å². The summed E-state index contributed by atoms with van der Waals surface area (Å²) in [6.45, 7) is 5.94. The van der Waals surface area contributed by atoms with Crippen LogP contribution < -0.4 is 11.3 Å². The van der Waals surface area contributed by atoms with E-state index in [-0.39, 0.29) is 5.76 Å². The maximum absolute atomic E-state index is 11.3. The van der Waals surface area contributed by atoms with E-state index in [0.29, 0.717) is 25.6 Å². The average molecular weight is 256 g/mol. The highest BCUT2D eigenvalue weighted by Crippen LogP contribution is 2.15. The fourth-order valence-corrected chi connectivity index (χ4v) is 1.45. The second kappa shape index (κ2) is 7.86. The Kier molecular flexibility index (Phi) is 6.42. The van der Waals surface area contributed by atoms with Gasteiger partial charge in [-0.3, -0.25) is 10.2 Å². The number of carbonyl (C=O) groups is 1. The minimum absolute atomic E-state index is 0.221. The van der Waals surface area contributed by atoms with Crippen LogP contribution in [0.4, 0.5) is 0 Å². The van der Waals surface area contributed by atoms with Gasteiger partial charge in [-0.05, 0) is 19.4 Å². The van der Waals surface area contributed by atoms with E-state index in [9.17, 15) is 4.79 Å². The Morgan fingerprint density at radius 2 is 2.11 bits per heavy atom. The summed E-state index contributed by atoms with van der Waals surface area (Å²) < 4.78 is 16.0. The molecule has 0 bridgehead atoms. The minimum atomic E-state index is -0.440. The molecule has 1 aromatic heterocycles. The maximum atomic E-state index is 11.3. The number of nitrogens with one attached hydrogen (secondary N) is 1. The first kappa shape index (κ1) is 14.7. The van der Waals surface area contributed by atoms with Crippen LogP contribution in [0.25, 0.3) is 0 Å². The summed E-state index contributed by atoms with van der Waals surface area (Å²) in [4.78, 5) is 11.3. The molecule has 6 nitrogen and oxygen atoms in total. The second-order valence-electron chi connectivity index (χ2n) is 3.86. The summed E-state index contributed by atoms with van der Waals surface area (Å²) in [5.41, 5.74) is 2.77. The third-order valence-corrected chi connectivity index (χ3v) is 2.27. The number of hydrogen-bond donors (Lipinski definition) is 2. The van der Waals surface area contributed by atoms with Gasteiger partial charge in [-0.2, -0.15) is 0 Å². The van der Waals surface area contributed by atoms with Crippen LogP contribution in [0.5, 0.6) is 0 Å². The Morgan fingerprint density at radius 3 is 2.78 bits per heavy atom. The smallest absolute Gasteiger partial charge is 0.301 e. The third-order valence-electron chi connectivity index (χ3n) is 2.27. The molecule has 1 aromatic rings. The van der Waals surface area contributed by atoms with Crippen LogP contribution >= 0.6 is 0 Å². The fraction of sp³-hybridized carbons (Fsp3) is 0.583. The van der Waals surface area contributed by atoms with E-state index >= 15 is 0 Å². The first-order valence-electron chi connectivity index (χ1n) is 5.94. The van der Waals surface area contributed by atoms with Crippen LogP contribution in [0, 0.1) is 6.92 Å². The Bertz CT molecular complexity index is 376. The molecule has 0 aliphatic heterocycles. The number of nitrogen functional groups attached to an aromatic ring is 1. The number of hydrazine groups is 1. The first-order chi connectivity index (χ1) is 8.69. The van der Waals surface area contributed by atoms with Crippen LogP contribution in [0.2, 0.25) is 0 Å². The molecule has 18 heavy (non-hydrogen) atoms. The van der Waals surface area contributed by atoms with Gasteiger partial charge >= 0.3 is 5.91 Å². The number of nitrogens with two attached hydrogens (primary N) is 1. The quantitative estimate of drug-likeness (QED) is 0.315. The average Bonchev–Trinajstić information content (AvgIpc) is 2.74. The van der Waals surface area contributed by atoms with Gasteiger partial charge in [-0.1, -0.05) is 6.92 Å². The topological polar surface area (TPSA) is 86.7 Å². The van der Waals surface area contributed by atoms with Crippen molar-refractivity contribution in [3.63, 3.8) is 0 Å². The molecule has 3 N–H and O–H groups in total. The monoisotopic (exact) mass is 256 g/mol. The molecule has 6 heteroatoms. The zero-order valence-corrected chi connectivity index (χ0v) is 10.8. The summed E-state index contributed by atoms with van der Waals surface area (Å²) in [7, 11) is 0. The van der Waals surface area contributed by atoms with Crippen molar-refractivity contribution in [3.05, 3.63) is 23.2 Å². The van der Waals surface area contributed by atoms with E-state index in [1.54, 1.807) is 13.0 Å². The van der Waals surface area contributed by atoms with Crippen molar-refractivity contribution in [2.45, 2.75) is 26.9 Å². The van der Waals surface area contributed by atoms with Gasteiger partial charge in [0.1, 0.15) is 12.4 Å². The van der Waals surface area contributed by atoms with Gasteiger partial charge in [-0.15, -0.1) is 0 Å². The van der Waals surface area contributed by atoms with Crippen LogP contribution in [-0.4, -0.2) is 25.7 Å². The molecule has 1 rings (SSSR count). The van der Waals surface area contributed by atoms with E-state index in [4.69, 9.17) is 19.7 Å². The first-order valence-corrected chi connectivity index (χ1v) is 5.94. The van der Waals surface area contributed by atoms with Crippen LogP contribution in [-0.2, 0) is 16.1 Å². The Balaban J connectivity index is 2.33. The molecule has 0 fully saturated rings. The van der Waals surface area contributed by atoms with Crippen molar-refractivity contribution in [2.24, 2.45) is 5.84 Å². The number of amides is 1. The van der Waals surface area contributed by atoms with Gasteiger partial charge in [0.05, 0.1) is 13.2 Å². The van der Waals surface area contributed by atoms with Crippen molar-refractivity contribution in [1.82, 2.24) is 5.43 Å². The molecule has 0 spiro atoms. The molecule has 0 saturated heterocycles. The third kappa shape index (κ3) is 4.48.